The second kappa shape index (κ2) is 6.91. The fourth-order valence-corrected chi connectivity index (χ4v) is 2.28. The van der Waals surface area contributed by atoms with Crippen LogP contribution in [0.15, 0.2) is 53.7 Å². The largest absolute Gasteiger partial charge is 0.478 e. The van der Waals surface area contributed by atoms with Crippen molar-refractivity contribution in [2.24, 2.45) is 0 Å². The second-order valence-corrected chi connectivity index (χ2v) is 4.99. The number of hydrogen-bond acceptors (Lipinski definition) is 5. The third-order valence-electron chi connectivity index (χ3n) is 3.43. The van der Waals surface area contributed by atoms with Crippen LogP contribution in [0.5, 0.6) is 5.88 Å². The van der Waals surface area contributed by atoms with Gasteiger partial charge in [-0.15, -0.1) is 0 Å². The SMILES string of the molecule is CCOc1ncccc1CNC(=O)c1cnc2ccccn2c1=O. The number of fused-ring (bicyclic) bond motifs is 1. The molecule has 0 unspecified atom stereocenters. The molecule has 0 spiro atoms. The third kappa shape index (κ3) is 3.10. The predicted octanol–water partition coefficient (Wildman–Crippen LogP) is 1.42. The van der Waals surface area contributed by atoms with E-state index in [4.69, 9.17) is 4.74 Å². The zero-order valence-corrected chi connectivity index (χ0v) is 13.1. The lowest BCUT2D eigenvalue weighted by Crippen LogP contribution is -2.31. The Balaban J connectivity index is 1.81. The van der Waals surface area contributed by atoms with Crippen LogP contribution in [0, 0.1) is 0 Å². The zero-order chi connectivity index (χ0) is 16.9. The Morgan fingerprint density at radius 3 is 2.96 bits per heavy atom. The maximum Gasteiger partial charge on any atom is 0.270 e. The van der Waals surface area contributed by atoms with E-state index in [2.05, 4.69) is 15.3 Å². The Kier molecular flexibility index (Phi) is 4.51. The molecule has 0 radical (unpaired) electrons. The normalized spacial score (nSPS) is 10.5. The number of nitrogens with zero attached hydrogens (tertiary/aromatic N) is 3. The van der Waals surface area contributed by atoms with Gasteiger partial charge in [-0.3, -0.25) is 14.0 Å². The molecule has 0 fully saturated rings. The van der Waals surface area contributed by atoms with Crippen LogP contribution in [-0.4, -0.2) is 26.9 Å². The first-order chi connectivity index (χ1) is 11.7. The molecule has 1 N–H and O–H groups in total. The van der Waals surface area contributed by atoms with Crippen LogP contribution in [0.2, 0.25) is 0 Å². The number of carbonyl (C=O) groups is 1. The Hall–Kier alpha value is -3.22. The van der Waals surface area contributed by atoms with Gasteiger partial charge in [0, 0.05) is 30.7 Å². The van der Waals surface area contributed by atoms with Gasteiger partial charge in [0.25, 0.3) is 11.5 Å². The van der Waals surface area contributed by atoms with Crippen molar-refractivity contribution in [3.8, 4) is 5.88 Å². The molecule has 7 nitrogen and oxygen atoms in total. The molecule has 0 aliphatic rings. The monoisotopic (exact) mass is 324 g/mol. The van der Waals surface area contributed by atoms with Gasteiger partial charge in [0.05, 0.1) is 6.61 Å². The highest BCUT2D eigenvalue weighted by atomic mass is 16.5. The van der Waals surface area contributed by atoms with Crippen molar-refractivity contribution in [1.82, 2.24) is 19.7 Å². The molecule has 0 saturated heterocycles. The molecule has 0 bridgehead atoms. The Bertz CT molecular complexity index is 936. The molecule has 1 amide bonds. The third-order valence-corrected chi connectivity index (χ3v) is 3.43. The lowest BCUT2D eigenvalue weighted by molar-refractivity contribution is 0.0948. The maximum absolute atomic E-state index is 12.4. The first-order valence-electron chi connectivity index (χ1n) is 7.52. The molecule has 0 aliphatic heterocycles. The highest BCUT2D eigenvalue weighted by Gasteiger charge is 2.14. The van der Waals surface area contributed by atoms with Gasteiger partial charge < -0.3 is 10.1 Å². The van der Waals surface area contributed by atoms with Crippen LogP contribution < -0.4 is 15.6 Å². The Morgan fingerprint density at radius 1 is 1.25 bits per heavy atom. The topological polar surface area (TPSA) is 85.6 Å². The number of pyridine rings is 2. The van der Waals surface area contributed by atoms with E-state index in [1.165, 1.54) is 10.6 Å². The second-order valence-electron chi connectivity index (χ2n) is 4.99. The van der Waals surface area contributed by atoms with Crippen molar-refractivity contribution in [2.75, 3.05) is 6.61 Å². The molecule has 3 heterocycles. The van der Waals surface area contributed by atoms with E-state index in [-0.39, 0.29) is 12.1 Å². The summed E-state index contributed by atoms with van der Waals surface area (Å²) in [5.41, 5.74) is 0.807. The van der Waals surface area contributed by atoms with Gasteiger partial charge in [0.1, 0.15) is 11.2 Å². The molecular formula is C17H16N4O3. The minimum atomic E-state index is -0.489. The van der Waals surface area contributed by atoms with Gasteiger partial charge in [0.2, 0.25) is 5.88 Å². The van der Waals surface area contributed by atoms with Crippen molar-refractivity contribution >= 4 is 11.6 Å². The highest BCUT2D eigenvalue weighted by Crippen LogP contribution is 2.13. The van der Waals surface area contributed by atoms with Gasteiger partial charge >= 0.3 is 0 Å². The average molecular weight is 324 g/mol. The van der Waals surface area contributed by atoms with Crippen LogP contribution >= 0.6 is 0 Å². The van der Waals surface area contributed by atoms with E-state index in [1.807, 2.05) is 13.0 Å². The first kappa shape index (κ1) is 15.7. The molecule has 3 aromatic rings. The van der Waals surface area contributed by atoms with Crippen LogP contribution in [0.1, 0.15) is 22.8 Å². The summed E-state index contributed by atoms with van der Waals surface area (Å²) >= 11 is 0. The molecule has 3 aromatic heterocycles. The van der Waals surface area contributed by atoms with Crippen molar-refractivity contribution in [3.05, 3.63) is 70.4 Å². The van der Waals surface area contributed by atoms with E-state index in [0.717, 1.165) is 5.56 Å². The number of nitrogens with one attached hydrogen (secondary N) is 1. The van der Waals surface area contributed by atoms with Crippen molar-refractivity contribution in [3.63, 3.8) is 0 Å². The Morgan fingerprint density at radius 2 is 2.12 bits per heavy atom. The summed E-state index contributed by atoms with van der Waals surface area (Å²) in [6, 6.07) is 8.76. The summed E-state index contributed by atoms with van der Waals surface area (Å²) in [7, 11) is 0. The summed E-state index contributed by atoms with van der Waals surface area (Å²) in [4.78, 5) is 33.0. The fourth-order valence-electron chi connectivity index (χ4n) is 2.28. The molecule has 0 aromatic carbocycles. The summed E-state index contributed by atoms with van der Waals surface area (Å²) in [5, 5.41) is 2.71. The van der Waals surface area contributed by atoms with E-state index >= 15 is 0 Å². The maximum atomic E-state index is 12.4. The predicted molar refractivity (Wildman–Crippen MR) is 88.0 cm³/mol. The van der Waals surface area contributed by atoms with Crippen molar-refractivity contribution in [1.29, 1.82) is 0 Å². The molecule has 3 rings (SSSR count). The quantitative estimate of drug-likeness (QED) is 0.767. The number of rotatable bonds is 5. The number of carbonyl (C=O) groups excluding carboxylic acids is 1. The van der Waals surface area contributed by atoms with Crippen LogP contribution in [0.4, 0.5) is 0 Å². The molecule has 0 aliphatic carbocycles. The molecule has 122 valence electrons. The summed E-state index contributed by atoms with van der Waals surface area (Å²) in [5.74, 6) is -0.0225. The zero-order valence-electron chi connectivity index (χ0n) is 13.1. The number of aromatic nitrogens is 3. The van der Waals surface area contributed by atoms with Crippen molar-refractivity contribution < 1.29 is 9.53 Å². The van der Waals surface area contributed by atoms with Crippen molar-refractivity contribution in [2.45, 2.75) is 13.5 Å². The van der Waals surface area contributed by atoms with Gasteiger partial charge in [-0.25, -0.2) is 9.97 Å². The molecule has 0 atom stereocenters. The van der Waals surface area contributed by atoms with E-state index < -0.39 is 11.5 Å². The minimum Gasteiger partial charge on any atom is -0.478 e. The average Bonchev–Trinajstić information content (AvgIpc) is 2.61. The fraction of sp³-hybridized carbons (Fsp3) is 0.176. The lowest BCUT2D eigenvalue weighted by Gasteiger charge is -2.10. The van der Waals surface area contributed by atoms with E-state index in [0.29, 0.717) is 18.1 Å². The van der Waals surface area contributed by atoms with Crippen LogP contribution in [-0.2, 0) is 6.54 Å². The van der Waals surface area contributed by atoms with E-state index in [9.17, 15) is 9.59 Å². The van der Waals surface area contributed by atoms with Gasteiger partial charge in [-0.05, 0) is 25.1 Å². The minimum absolute atomic E-state index is 0.0134. The molecular weight excluding hydrogens is 308 g/mol. The summed E-state index contributed by atoms with van der Waals surface area (Å²) < 4.78 is 6.75. The van der Waals surface area contributed by atoms with Gasteiger partial charge in [0.15, 0.2) is 0 Å². The number of ether oxygens (including phenoxy) is 1. The summed E-state index contributed by atoms with van der Waals surface area (Å²) in [6.45, 7) is 2.55. The van der Waals surface area contributed by atoms with Gasteiger partial charge in [-0.2, -0.15) is 0 Å². The lowest BCUT2D eigenvalue weighted by atomic mass is 10.2. The number of amides is 1. The smallest absolute Gasteiger partial charge is 0.270 e. The molecule has 24 heavy (non-hydrogen) atoms. The Labute approximate surface area is 138 Å². The molecule has 0 saturated carbocycles. The first-order valence-corrected chi connectivity index (χ1v) is 7.52. The summed E-state index contributed by atoms with van der Waals surface area (Å²) in [6.07, 6.45) is 4.49. The van der Waals surface area contributed by atoms with E-state index in [1.54, 1.807) is 36.7 Å². The van der Waals surface area contributed by atoms with Gasteiger partial charge in [-0.1, -0.05) is 12.1 Å². The standard InChI is InChI=1S/C17H16N4O3/c1-2-24-16-12(6-5-8-18-16)10-20-15(22)13-11-19-14-7-3-4-9-21(14)17(13)23/h3-9,11H,2,10H2,1H3,(H,20,22). The van der Waals surface area contributed by atoms with Crippen LogP contribution in [0.25, 0.3) is 5.65 Å². The molecule has 7 heteroatoms. The highest BCUT2D eigenvalue weighted by molar-refractivity contribution is 5.93. The number of hydrogen-bond donors (Lipinski definition) is 1. The van der Waals surface area contributed by atoms with Crippen LogP contribution in [0.3, 0.4) is 0 Å².